The van der Waals surface area contributed by atoms with Crippen LogP contribution in [0.4, 0.5) is 5.82 Å². The zero-order valence-corrected chi connectivity index (χ0v) is 7.93. The highest BCUT2D eigenvalue weighted by Crippen LogP contribution is 2.17. The Bertz CT molecular complexity index is 374. The van der Waals surface area contributed by atoms with Gasteiger partial charge in [0.15, 0.2) is 5.78 Å². The van der Waals surface area contributed by atoms with Gasteiger partial charge in [0.2, 0.25) is 0 Å². The van der Waals surface area contributed by atoms with Crippen molar-refractivity contribution in [3.05, 3.63) is 35.0 Å². The van der Waals surface area contributed by atoms with Gasteiger partial charge < -0.3 is 5.73 Å². The molecule has 0 saturated heterocycles. The summed E-state index contributed by atoms with van der Waals surface area (Å²) in [5.41, 5.74) is 6.21. The Hall–Kier alpha value is -1.35. The van der Waals surface area contributed by atoms with Gasteiger partial charge in [-0.3, -0.25) is 4.79 Å². The molecule has 2 N–H and O–H groups in total. The van der Waals surface area contributed by atoms with Crippen molar-refractivity contribution in [2.45, 2.75) is 6.92 Å². The van der Waals surface area contributed by atoms with E-state index >= 15 is 0 Å². The largest absolute Gasteiger partial charge is 0.383 e. The van der Waals surface area contributed by atoms with Crippen LogP contribution in [-0.4, -0.2) is 10.8 Å². The zero-order chi connectivity index (χ0) is 10.0. The van der Waals surface area contributed by atoms with Crippen LogP contribution in [0.3, 0.4) is 0 Å². The van der Waals surface area contributed by atoms with E-state index < -0.39 is 0 Å². The maximum Gasteiger partial charge on any atom is 0.191 e. The Morgan fingerprint density at radius 2 is 2.31 bits per heavy atom. The normalized spacial score (nSPS) is 9.69. The third-order valence-corrected chi connectivity index (χ3v) is 1.72. The van der Waals surface area contributed by atoms with Gasteiger partial charge in [-0.2, -0.15) is 0 Å². The first-order valence-electron chi connectivity index (χ1n) is 3.63. The predicted octanol–water partition coefficient (Wildman–Crippen LogP) is 2.08. The molecule has 0 aliphatic heterocycles. The van der Waals surface area contributed by atoms with Crippen molar-refractivity contribution in [3.63, 3.8) is 0 Å². The molecule has 0 unspecified atom stereocenters. The summed E-state index contributed by atoms with van der Waals surface area (Å²) >= 11 is 5.67. The second-order valence-electron chi connectivity index (χ2n) is 2.70. The summed E-state index contributed by atoms with van der Waals surface area (Å²) in [6.45, 7) is 5.14. The number of carbonyl (C=O) groups excluding carboxylic acids is 1. The van der Waals surface area contributed by atoms with Crippen molar-refractivity contribution in [1.82, 2.24) is 4.98 Å². The fraction of sp³-hybridized carbons (Fsp3) is 0.111. The fourth-order valence-corrected chi connectivity index (χ4v) is 1.02. The van der Waals surface area contributed by atoms with Crippen molar-refractivity contribution < 1.29 is 4.79 Å². The summed E-state index contributed by atoms with van der Waals surface area (Å²) in [6, 6.07) is 1.49. The third kappa shape index (κ3) is 2.06. The first-order valence-corrected chi connectivity index (χ1v) is 4.01. The molecular formula is C9H9ClN2O. The highest BCUT2D eigenvalue weighted by Gasteiger charge is 2.11. The van der Waals surface area contributed by atoms with Crippen LogP contribution < -0.4 is 5.73 Å². The van der Waals surface area contributed by atoms with Crippen LogP contribution >= 0.6 is 11.6 Å². The number of carbonyl (C=O) groups is 1. The van der Waals surface area contributed by atoms with Crippen LogP contribution in [0.5, 0.6) is 0 Å². The molecule has 0 aliphatic carbocycles. The maximum absolute atomic E-state index is 11.4. The number of hydrogen-bond donors (Lipinski definition) is 1. The minimum Gasteiger partial charge on any atom is -0.383 e. The average molecular weight is 197 g/mol. The molecule has 1 rings (SSSR count). The molecule has 0 spiro atoms. The van der Waals surface area contributed by atoms with E-state index in [0.717, 1.165) is 0 Å². The summed E-state index contributed by atoms with van der Waals surface area (Å²) in [5, 5.41) is 0.388. The standard InChI is InChI=1S/C9H9ClN2O/c1-5(2)8(13)7-3-6(10)4-12-9(7)11/h3-4H,1H2,2H3,(H2,11,12). The Morgan fingerprint density at radius 1 is 1.69 bits per heavy atom. The number of hydrogen-bond acceptors (Lipinski definition) is 3. The number of ketones is 1. The number of anilines is 1. The fourth-order valence-electron chi connectivity index (χ4n) is 0.862. The summed E-state index contributed by atoms with van der Waals surface area (Å²) in [5.74, 6) is -0.0510. The van der Waals surface area contributed by atoms with Crippen molar-refractivity contribution in [2.24, 2.45) is 0 Å². The lowest BCUT2D eigenvalue weighted by Gasteiger charge is -2.02. The van der Waals surface area contributed by atoms with Crippen LogP contribution in [0.15, 0.2) is 24.4 Å². The van der Waals surface area contributed by atoms with E-state index in [2.05, 4.69) is 11.6 Å². The molecular weight excluding hydrogens is 188 g/mol. The molecule has 0 aromatic carbocycles. The number of halogens is 1. The number of nitrogens with two attached hydrogens (primary N) is 1. The van der Waals surface area contributed by atoms with Gasteiger partial charge in [-0.05, 0) is 18.6 Å². The molecule has 0 radical (unpaired) electrons. The van der Waals surface area contributed by atoms with E-state index in [-0.39, 0.29) is 11.6 Å². The summed E-state index contributed by atoms with van der Waals surface area (Å²) in [6.07, 6.45) is 1.39. The first-order chi connectivity index (χ1) is 6.02. The van der Waals surface area contributed by atoms with E-state index in [0.29, 0.717) is 16.2 Å². The SMILES string of the molecule is C=C(C)C(=O)c1cc(Cl)cnc1N. The second kappa shape index (κ2) is 3.58. The van der Waals surface area contributed by atoms with Crippen LogP contribution in [0.1, 0.15) is 17.3 Å². The molecule has 0 aliphatic rings. The molecule has 3 nitrogen and oxygen atoms in total. The quantitative estimate of drug-likeness (QED) is 0.582. The van der Waals surface area contributed by atoms with E-state index in [9.17, 15) is 4.79 Å². The Morgan fingerprint density at radius 3 is 2.85 bits per heavy atom. The number of nitrogens with zero attached hydrogens (tertiary/aromatic N) is 1. The summed E-state index contributed by atoms with van der Waals surface area (Å²) in [4.78, 5) is 15.2. The summed E-state index contributed by atoms with van der Waals surface area (Å²) < 4.78 is 0. The number of Topliss-reactive ketones (excluding diaryl/α,β-unsaturated/α-hetero) is 1. The average Bonchev–Trinajstić information content (AvgIpc) is 2.08. The van der Waals surface area contributed by atoms with Crippen molar-refractivity contribution in [1.29, 1.82) is 0 Å². The van der Waals surface area contributed by atoms with Gasteiger partial charge in [0.1, 0.15) is 5.82 Å². The Kier molecular flexibility index (Phi) is 2.68. The minimum atomic E-state index is -0.229. The highest BCUT2D eigenvalue weighted by molar-refractivity contribution is 6.31. The predicted molar refractivity (Wildman–Crippen MR) is 52.8 cm³/mol. The molecule has 68 valence electrons. The van der Waals surface area contributed by atoms with E-state index in [1.54, 1.807) is 6.92 Å². The van der Waals surface area contributed by atoms with Gasteiger partial charge in [0.05, 0.1) is 10.6 Å². The highest BCUT2D eigenvalue weighted by atomic mass is 35.5. The van der Waals surface area contributed by atoms with Crippen LogP contribution in [0.25, 0.3) is 0 Å². The second-order valence-corrected chi connectivity index (χ2v) is 3.13. The number of rotatable bonds is 2. The van der Waals surface area contributed by atoms with Gasteiger partial charge in [0, 0.05) is 6.20 Å². The molecule has 1 aromatic rings. The van der Waals surface area contributed by atoms with Crippen LogP contribution in [0.2, 0.25) is 5.02 Å². The molecule has 0 saturated carbocycles. The zero-order valence-electron chi connectivity index (χ0n) is 7.17. The summed E-state index contributed by atoms with van der Waals surface area (Å²) in [7, 11) is 0. The molecule has 0 fully saturated rings. The van der Waals surface area contributed by atoms with Crippen LogP contribution in [0, 0.1) is 0 Å². The molecule has 0 amide bonds. The monoisotopic (exact) mass is 196 g/mol. The lowest BCUT2D eigenvalue weighted by atomic mass is 10.1. The van der Waals surface area contributed by atoms with Gasteiger partial charge in [0.25, 0.3) is 0 Å². The Labute approximate surface area is 81.2 Å². The number of nitrogen functional groups attached to an aromatic ring is 1. The first kappa shape index (κ1) is 9.74. The smallest absolute Gasteiger partial charge is 0.191 e. The van der Waals surface area contributed by atoms with Gasteiger partial charge in [-0.25, -0.2) is 4.98 Å². The van der Waals surface area contributed by atoms with Gasteiger partial charge in [-0.15, -0.1) is 0 Å². The number of aromatic nitrogens is 1. The van der Waals surface area contributed by atoms with Crippen LogP contribution in [-0.2, 0) is 0 Å². The van der Waals surface area contributed by atoms with E-state index in [4.69, 9.17) is 17.3 Å². The molecule has 0 atom stereocenters. The topological polar surface area (TPSA) is 56.0 Å². The molecule has 1 aromatic heterocycles. The molecule has 1 heterocycles. The number of allylic oxidation sites excluding steroid dienone is 1. The van der Waals surface area contributed by atoms with Crippen molar-refractivity contribution in [3.8, 4) is 0 Å². The minimum absolute atomic E-state index is 0.178. The molecule has 13 heavy (non-hydrogen) atoms. The third-order valence-electron chi connectivity index (χ3n) is 1.52. The van der Waals surface area contributed by atoms with E-state index in [1.165, 1.54) is 12.3 Å². The molecule has 0 bridgehead atoms. The van der Waals surface area contributed by atoms with Crippen molar-refractivity contribution in [2.75, 3.05) is 5.73 Å². The number of pyridine rings is 1. The Balaban J connectivity index is 3.21. The molecule has 4 heteroatoms. The lowest BCUT2D eigenvalue weighted by Crippen LogP contribution is -2.05. The maximum atomic E-state index is 11.4. The van der Waals surface area contributed by atoms with Crippen molar-refractivity contribution >= 4 is 23.2 Å². The van der Waals surface area contributed by atoms with Gasteiger partial charge in [-0.1, -0.05) is 18.2 Å². The van der Waals surface area contributed by atoms with E-state index in [1.807, 2.05) is 0 Å². The lowest BCUT2D eigenvalue weighted by molar-refractivity contribution is 0.103. The van der Waals surface area contributed by atoms with Gasteiger partial charge >= 0.3 is 0 Å².